The molecule has 0 saturated heterocycles. The highest BCUT2D eigenvalue weighted by molar-refractivity contribution is 7.14. The first kappa shape index (κ1) is 12.8. The van der Waals surface area contributed by atoms with E-state index in [1.165, 1.54) is 4.88 Å². The second-order valence-corrected chi connectivity index (χ2v) is 5.56. The summed E-state index contributed by atoms with van der Waals surface area (Å²) >= 11 is 1.56. The van der Waals surface area contributed by atoms with Crippen molar-refractivity contribution < 1.29 is 4.79 Å². The van der Waals surface area contributed by atoms with Gasteiger partial charge in [-0.05, 0) is 49.6 Å². The molecule has 0 saturated carbocycles. The minimum absolute atomic E-state index is 0.0200. The van der Waals surface area contributed by atoms with Gasteiger partial charge >= 0.3 is 0 Å². The van der Waals surface area contributed by atoms with Crippen molar-refractivity contribution in [2.75, 3.05) is 5.32 Å². The Balaban J connectivity index is 2.18. The van der Waals surface area contributed by atoms with Crippen molar-refractivity contribution in [1.29, 1.82) is 0 Å². The molecule has 2 rings (SSSR count). The number of carbonyl (C=O) groups is 1. The number of aryl methyl sites for hydroxylation is 3. The van der Waals surface area contributed by atoms with Gasteiger partial charge in [-0.25, -0.2) is 0 Å². The fourth-order valence-electron chi connectivity index (χ4n) is 1.74. The third-order valence-electron chi connectivity index (χ3n) is 2.88. The topological polar surface area (TPSA) is 29.1 Å². The molecule has 0 spiro atoms. The fourth-order valence-corrected chi connectivity index (χ4v) is 2.59. The van der Waals surface area contributed by atoms with Gasteiger partial charge in [-0.15, -0.1) is 11.3 Å². The molecule has 94 valence electrons. The number of anilines is 1. The SMILES string of the molecule is CCc1ccc(C(=O)Nc2cc(C)ccc2C)s1. The third-order valence-corrected chi connectivity index (χ3v) is 4.10. The molecule has 18 heavy (non-hydrogen) atoms. The van der Waals surface area contributed by atoms with E-state index in [0.717, 1.165) is 28.1 Å². The molecule has 0 aliphatic heterocycles. The van der Waals surface area contributed by atoms with Crippen LogP contribution in [0.5, 0.6) is 0 Å². The van der Waals surface area contributed by atoms with Crippen molar-refractivity contribution in [3.05, 3.63) is 51.2 Å². The lowest BCUT2D eigenvalue weighted by Crippen LogP contribution is -2.11. The number of nitrogens with one attached hydrogen (secondary N) is 1. The Morgan fingerprint density at radius 1 is 1.22 bits per heavy atom. The average molecular weight is 259 g/mol. The molecular formula is C15H17NOS. The number of rotatable bonds is 3. The maximum Gasteiger partial charge on any atom is 0.265 e. The van der Waals surface area contributed by atoms with E-state index < -0.39 is 0 Å². The standard InChI is InChI=1S/C15H17NOS/c1-4-12-7-8-14(18-12)15(17)16-13-9-10(2)5-6-11(13)3/h5-9H,4H2,1-3H3,(H,16,17). The minimum Gasteiger partial charge on any atom is -0.321 e. The first-order valence-electron chi connectivity index (χ1n) is 6.07. The van der Waals surface area contributed by atoms with E-state index in [1.54, 1.807) is 11.3 Å². The van der Waals surface area contributed by atoms with Gasteiger partial charge < -0.3 is 5.32 Å². The van der Waals surface area contributed by atoms with Gasteiger partial charge in [-0.3, -0.25) is 4.79 Å². The molecule has 0 atom stereocenters. The highest BCUT2D eigenvalue weighted by Gasteiger charge is 2.10. The molecule has 1 aromatic carbocycles. The van der Waals surface area contributed by atoms with Gasteiger partial charge in [-0.1, -0.05) is 19.1 Å². The maximum atomic E-state index is 12.1. The molecule has 0 radical (unpaired) electrons. The second-order valence-electron chi connectivity index (χ2n) is 4.39. The van der Waals surface area contributed by atoms with Gasteiger partial charge in [0.1, 0.15) is 0 Å². The zero-order chi connectivity index (χ0) is 13.1. The monoisotopic (exact) mass is 259 g/mol. The van der Waals surface area contributed by atoms with Crippen LogP contribution in [0.4, 0.5) is 5.69 Å². The molecule has 0 aliphatic carbocycles. The molecule has 0 bridgehead atoms. The summed E-state index contributed by atoms with van der Waals surface area (Å²) in [5, 5.41) is 2.98. The second kappa shape index (κ2) is 5.36. The van der Waals surface area contributed by atoms with Crippen LogP contribution in [0.15, 0.2) is 30.3 Å². The van der Waals surface area contributed by atoms with Crippen LogP contribution in [-0.4, -0.2) is 5.91 Å². The predicted molar refractivity (Wildman–Crippen MR) is 77.6 cm³/mol. The van der Waals surface area contributed by atoms with Gasteiger partial charge in [0.2, 0.25) is 0 Å². The number of amides is 1. The van der Waals surface area contributed by atoms with Gasteiger partial charge in [0.15, 0.2) is 0 Å². The molecule has 1 aromatic heterocycles. The molecule has 1 heterocycles. The van der Waals surface area contributed by atoms with E-state index in [1.807, 2.05) is 44.2 Å². The Hall–Kier alpha value is -1.61. The number of carbonyl (C=O) groups excluding carboxylic acids is 1. The Bertz CT molecular complexity index is 572. The predicted octanol–water partition coefficient (Wildman–Crippen LogP) is 4.18. The molecular weight excluding hydrogens is 242 g/mol. The fraction of sp³-hybridized carbons (Fsp3) is 0.267. The first-order valence-corrected chi connectivity index (χ1v) is 6.89. The third kappa shape index (κ3) is 2.79. The van der Waals surface area contributed by atoms with Crippen molar-refractivity contribution in [1.82, 2.24) is 0 Å². The van der Waals surface area contributed by atoms with Crippen molar-refractivity contribution in [3.8, 4) is 0 Å². The molecule has 1 N–H and O–H groups in total. The van der Waals surface area contributed by atoms with Crippen molar-refractivity contribution in [2.24, 2.45) is 0 Å². The Kier molecular flexibility index (Phi) is 3.82. The van der Waals surface area contributed by atoms with Gasteiger partial charge in [0.05, 0.1) is 4.88 Å². The number of benzene rings is 1. The quantitative estimate of drug-likeness (QED) is 0.880. The average Bonchev–Trinajstić information content (AvgIpc) is 2.82. The molecule has 1 amide bonds. The number of thiophene rings is 1. The van der Waals surface area contributed by atoms with Crippen LogP contribution >= 0.6 is 11.3 Å². The summed E-state index contributed by atoms with van der Waals surface area (Å²) in [6, 6.07) is 9.98. The summed E-state index contributed by atoms with van der Waals surface area (Å²) in [6.07, 6.45) is 0.974. The van der Waals surface area contributed by atoms with E-state index in [9.17, 15) is 4.79 Å². The van der Waals surface area contributed by atoms with Crippen LogP contribution < -0.4 is 5.32 Å². The van der Waals surface area contributed by atoms with E-state index in [0.29, 0.717) is 0 Å². The Morgan fingerprint density at radius 2 is 2.00 bits per heavy atom. The first-order chi connectivity index (χ1) is 8.60. The van der Waals surface area contributed by atoms with Gasteiger partial charge in [0.25, 0.3) is 5.91 Å². The lowest BCUT2D eigenvalue weighted by Gasteiger charge is -2.08. The lowest BCUT2D eigenvalue weighted by atomic mass is 10.1. The van der Waals surface area contributed by atoms with Crippen LogP contribution in [0.25, 0.3) is 0 Å². The van der Waals surface area contributed by atoms with Gasteiger partial charge in [0, 0.05) is 10.6 Å². The van der Waals surface area contributed by atoms with Crippen LogP contribution in [0, 0.1) is 13.8 Å². The summed E-state index contributed by atoms with van der Waals surface area (Å²) in [7, 11) is 0. The molecule has 2 aromatic rings. The maximum absolute atomic E-state index is 12.1. The van der Waals surface area contributed by atoms with Crippen LogP contribution in [0.2, 0.25) is 0 Å². The molecule has 3 heteroatoms. The Labute approximate surface area is 112 Å². The largest absolute Gasteiger partial charge is 0.321 e. The molecule has 2 nitrogen and oxygen atoms in total. The van der Waals surface area contributed by atoms with Gasteiger partial charge in [-0.2, -0.15) is 0 Å². The van der Waals surface area contributed by atoms with Crippen LogP contribution in [0.1, 0.15) is 32.6 Å². The number of hydrogen-bond acceptors (Lipinski definition) is 2. The summed E-state index contributed by atoms with van der Waals surface area (Å²) in [5.41, 5.74) is 3.13. The zero-order valence-corrected chi connectivity index (χ0v) is 11.7. The van der Waals surface area contributed by atoms with Crippen molar-refractivity contribution >= 4 is 22.9 Å². The Morgan fingerprint density at radius 3 is 2.67 bits per heavy atom. The van der Waals surface area contributed by atoms with Crippen molar-refractivity contribution in [3.63, 3.8) is 0 Å². The lowest BCUT2D eigenvalue weighted by molar-refractivity contribution is 0.103. The summed E-state index contributed by atoms with van der Waals surface area (Å²) in [4.78, 5) is 14.1. The highest BCUT2D eigenvalue weighted by Crippen LogP contribution is 2.21. The van der Waals surface area contributed by atoms with Crippen LogP contribution in [0.3, 0.4) is 0 Å². The molecule has 0 fully saturated rings. The van der Waals surface area contributed by atoms with E-state index in [4.69, 9.17) is 0 Å². The molecule has 0 aliphatic rings. The van der Waals surface area contributed by atoms with E-state index in [2.05, 4.69) is 12.2 Å². The smallest absolute Gasteiger partial charge is 0.265 e. The zero-order valence-electron chi connectivity index (χ0n) is 10.9. The minimum atomic E-state index is -0.0200. The van der Waals surface area contributed by atoms with Crippen LogP contribution in [-0.2, 0) is 6.42 Å². The highest BCUT2D eigenvalue weighted by atomic mass is 32.1. The summed E-state index contributed by atoms with van der Waals surface area (Å²) in [6.45, 7) is 6.12. The van der Waals surface area contributed by atoms with E-state index >= 15 is 0 Å². The molecule has 0 unspecified atom stereocenters. The number of hydrogen-bond donors (Lipinski definition) is 1. The summed E-state index contributed by atoms with van der Waals surface area (Å²) < 4.78 is 0. The summed E-state index contributed by atoms with van der Waals surface area (Å²) in [5.74, 6) is -0.0200. The van der Waals surface area contributed by atoms with E-state index in [-0.39, 0.29) is 5.91 Å². The van der Waals surface area contributed by atoms with Crippen molar-refractivity contribution in [2.45, 2.75) is 27.2 Å². The normalized spacial score (nSPS) is 10.4.